The summed E-state index contributed by atoms with van der Waals surface area (Å²) in [6.45, 7) is 7.88. The van der Waals surface area contributed by atoms with Crippen LogP contribution in [0.3, 0.4) is 0 Å². The Hall–Kier alpha value is -1.82. The van der Waals surface area contributed by atoms with E-state index in [-0.39, 0.29) is 10.6 Å². The zero-order valence-electron chi connectivity index (χ0n) is 12.3. The first-order valence-electron chi connectivity index (χ1n) is 6.77. The molecule has 0 saturated heterocycles. The van der Waals surface area contributed by atoms with Crippen molar-refractivity contribution in [3.8, 4) is 0 Å². The number of anilines is 1. The van der Waals surface area contributed by atoms with Gasteiger partial charge in [-0.05, 0) is 54.4 Å². The van der Waals surface area contributed by atoms with Gasteiger partial charge in [-0.1, -0.05) is 0 Å². The van der Waals surface area contributed by atoms with Crippen molar-refractivity contribution in [1.29, 1.82) is 0 Å². The van der Waals surface area contributed by atoms with E-state index in [1.807, 2.05) is 0 Å². The Balaban J connectivity index is 2.20. The molecule has 0 unspecified atom stereocenters. The number of nitrogens with zero attached hydrogens (tertiary/aromatic N) is 2. The molecular formula is C15H18BrN3O2. The number of benzene rings is 1. The predicted octanol–water partition coefficient (Wildman–Crippen LogP) is 4.41. The van der Waals surface area contributed by atoms with Crippen molar-refractivity contribution >= 4 is 27.3 Å². The molecule has 21 heavy (non-hydrogen) atoms. The van der Waals surface area contributed by atoms with Gasteiger partial charge in [0, 0.05) is 41.1 Å². The van der Waals surface area contributed by atoms with Gasteiger partial charge in [0.2, 0.25) is 0 Å². The SMILES string of the molecule is CCn1c(C)cc(CNc2cc([N+](=O)[O-])ccc2Br)c1C. The Bertz CT molecular complexity index is 680. The third-order valence-electron chi connectivity index (χ3n) is 3.62. The number of aromatic nitrogens is 1. The van der Waals surface area contributed by atoms with Crippen molar-refractivity contribution < 1.29 is 4.92 Å². The van der Waals surface area contributed by atoms with Gasteiger partial charge in [0.1, 0.15) is 0 Å². The summed E-state index contributed by atoms with van der Waals surface area (Å²) in [4.78, 5) is 10.5. The monoisotopic (exact) mass is 351 g/mol. The third-order valence-corrected chi connectivity index (χ3v) is 4.32. The maximum absolute atomic E-state index is 10.8. The van der Waals surface area contributed by atoms with Crippen molar-refractivity contribution in [2.24, 2.45) is 0 Å². The van der Waals surface area contributed by atoms with Crippen molar-refractivity contribution in [3.63, 3.8) is 0 Å². The smallest absolute Gasteiger partial charge is 0.271 e. The quantitative estimate of drug-likeness (QED) is 0.641. The predicted molar refractivity (Wildman–Crippen MR) is 87.7 cm³/mol. The highest BCUT2D eigenvalue weighted by Gasteiger charge is 2.11. The third kappa shape index (κ3) is 3.26. The van der Waals surface area contributed by atoms with E-state index in [1.54, 1.807) is 12.1 Å². The molecule has 1 aromatic heterocycles. The lowest BCUT2D eigenvalue weighted by Gasteiger charge is -2.09. The molecule has 2 rings (SSSR count). The van der Waals surface area contributed by atoms with E-state index in [2.05, 4.69) is 52.7 Å². The molecule has 5 nitrogen and oxygen atoms in total. The number of aryl methyl sites for hydroxylation is 1. The van der Waals surface area contributed by atoms with Crippen LogP contribution in [-0.2, 0) is 13.1 Å². The summed E-state index contributed by atoms with van der Waals surface area (Å²) in [5, 5.41) is 14.1. The van der Waals surface area contributed by atoms with Gasteiger partial charge in [-0.2, -0.15) is 0 Å². The summed E-state index contributed by atoms with van der Waals surface area (Å²) < 4.78 is 3.07. The van der Waals surface area contributed by atoms with E-state index in [0.717, 1.165) is 16.7 Å². The van der Waals surface area contributed by atoms with Crippen LogP contribution in [-0.4, -0.2) is 9.49 Å². The number of nitro benzene ring substituents is 1. The van der Waals surface area contributed by atoms with Crippen LogP contribution in [0.2, 0.25) is 0 Å². The average molecular weight is 352 g/mol. The lowest BCUT2D eigenvalue weighted by Crippen LogP contribution is -2.04. The van der Waals surface area contributed by atoms with Gasteiger partial charge in [0.15, 0.2) is 0 Å². The molecule has 1 aromatic carbocycles. The molecule has 112 valence electrons. The van der Waals surface area contributed by atoms with E-state index < -0.39 is 0 Å². The summed E-state index contributed by atoms with van der Waals surface area (Å²) in [6.07, 6.45) is 0. The van der Waals surface area contributed by atoms with Crippen LogP contribution in [0.5, 0.6) is 0 Å². The Kier molecular flexibility index (Phi) is 4.67. The molecule has 0 aliphatic rings. The Morgan fingerprint density at radius 3 is 2.62 bits per heavy atom. The highest BCUT2D eigenvalue weighted by atomic mass is 79.9. The molecule has 1 heterocycles. The van der Waals surface area contributed by atoms with Crippen LogP contribution in [0.25, 0.3) is 0 Å². The first-order chi connectivity index (χ1) is 9.93. The number of nitro groups is 1. The molecule has 0 bridgehead atoms. The zero-order chi connectivity index (χ0) is 15.6. The van der Waals surface area contributed by atoms with Gasteiger partial charge in [-0.3, -0.25) is 10.1 Å². The summed E-state index contributed by atoms with van der Waals surface area (Å²) in [7, 11) is 0. The minimum atomic E-state index is -0.388. The molecule has 0 saturated carbocycles. The summed E-state index contributed by atoms with van der Waals surface area (Å²) in [5.41, 5.74) is 4.46. The molecule has 1 N–H and O–H groups in total. The second-order valence-corrected chi connectivity index (χ2v) is 5.77. The standard InChI is InChI=1S/C15H18BrN3O2/c1-4-18-10(2)7-12(11(18)3)9-17-15-8-13(19(20)21)5-6-14(15)16/h5-8,17H,4,9H2,1-3H3. The van der Waals surface area contributed by atoms with Crippen molar-refractivity contribution in [1.82, 2.24) is 4.57 Å². The highest BCUT2D eigenvalue weighted by Crippen LogP contribution is 2.28. The van der Waals surface area contributed by atoms with Crippen LogP contribution >= 0.6 is 15.9 Å². The maximum Gasteiger partial charge on any atom is 0.271 e. The van der Waals surface area contributed by atoms with Crippen LogP contribution in [0.4, 0.5) is 11.4 Å². The van der Waals surface area contributed by atoms with Crippen LogP contribution in [0, 0.1) is 24.0 Å². The normalized spacial score (nSPS) is 10.7. The molecule has 0 radical (unpaired) electrons. The van der Waals surface area contributed by atoms with E-state index in [9.17, 15) is 10.1 Å². The Morgan fingerprint density at radius 1 is 1.33 bits per heavy atom. The second-order valence-electron chi connectivity index (χ2n) is 4.92. The number of hydrogen-bond acceptors (Lipinski definition) is 3. The van der Waals surface area contributed by atoms with Gasteiger partial charge in [-0.15, -0.1) is 0 Å². The van der Waals surface area contributed by atoms with E-state index in [4.69, 9.17) is 0 Å². The van der Waals surface area contributed by atoms with Crippen LogP contribution < -0.4 is 5.32 Å². The highest BCUT2D eigenvalue weighted by molar-refractivity contribution is 9.10. The van der Waals surface area contributed by atoms with E-state index in [0.29, 0.717) is 6.54 Å². The first-order valence-corrected chi connectivity index (χ1v) is 7.56. The summed E-state index contributed by atoms with van der Waals surface area (Å²) in [6, 6.07) is 6.87. The summed E-state index contributed by atoms with van der Waals surface area (Å²) >= 11 is 3.41. The van der Waals surface area contributed by atoms with Crippen LogP contribution in [0.15, 0.2) is 28.7 Å². The minimum Gasteiger partial charge on any atom is -0.380 e. The molecule has 2 aromatic rings. The Morgan fingerprint density at radius 2 is 2.05 bits per heavy atom. The number of nitrogens with one attached hydrogen (secondary N) is 1. The molecule has 0 atom stereocenters. The topological polar surface area (TPSA) is 60.1 Å². The molecule has 0 fully saturated rings. The van der Waals surface area contributed by atoms with Crippen molar-refractivity contribution in [2.45, 2.75) is 33.9 Å². The maximum atomic E-state index is 10.8. The Labute approximate surface area is 132 Å². The number of halogens is 1. The molecular weight excluding hydrogens is 334 g/mol. The lowest BCUT2D eigenvalue weighted by molar-refractivity contribution is -0.384. The van der Waals surface area contributed by atoms with Gasteiger partial charge in [0.05, 0.1) is 10.6 Å². The number of rotatable bonds is 5. The fourth-order valence-corrected chi connectivity index (χ4v) is 2.88. The van der Waals surface area contributed by atoms with Gasteiger partial charge in [-0.25, -0.2) is 0 Å². The second kappa shape index (κ2) is 6.30. The van der Waals surface area contributed by atoms with Gasteiger partial charge < -0.3 is 9.88 Å². The zero-order valence-corrected chi connectivity index (χ0v) is 13.9. The molecule has 0 aliphatic heterocycles. The molecule has 0 aliphatic carbocycles. The molecule has 0 amide bonds. The molecule has 6 heteroatoms. The largest absolute Gasteiger partial charge is 0.380 e. The average Bonchev–Trinajstić information content (AvgIpc) is 2.71. The fraction of sp³-hybridized carbons (Fsp3) is 0.333. The van der Waals surface area contributed by atoms with Crippen LogP contribution in [0.1, 0.15) is 23.9 Å². The van der Waals surface area contributed by atoms with Crippen molar-refractivity contribution in [2.75, 3.05) is 5.32 Å². The van der Waals surface area contributed by atoms with Gasteiger partial charge >= 0.3 is 0 Å². The minimum absolute atomic E-state index is 0.0831. The van der Waals surface area contributed by atoms with E-state index in [1.165, 1.54) is 23.0 Å². The first kappa shape index (κ1) is 15.6. The number of non-ortho nitro benzene ring substituents is 1. The van der Waals surface area contributed by atoms with Gasteiger partial charge in [0.25, 0.3) is 5.69 Å². The van der Waals surface area contributed by atoms with Crippen molar-refractivity contribution in [3.05, 3.63) is 55.8 Å². The fourth-order valence-electron chi connectivity index (χ4n) is 2.49. The molecule has 0 spiro atoms. The van der Waals surface area contributed by atoms with E-state index >= 15 is 0 Å². The number of hydrogen-bond donors (Lipinski definition) is 1. The summed E-state index contributed by atoms with van der Waals surface area (Å²) in [5.74, 6) is 0. The lowest BCUT2D eigenvalue weighted by atomic mass is 10.2.